The second-order valence-electron chi connectivity index (χ2n) is 5.70. The van der Waals surface area contributed by atoms with Crippen LogP contribution in [0.2, 0.25) is 0 Å². The van der Waals surface area contributed by atoms with Crippen LogP contribution in [0.3, 0.4) is 0 Å². The van der Waals surface area contributed by atoms with Crippen molar-refractivity contribution in [3.8, 4) is 5.75 Å². The number of amides is 1. The van der Waals surface area contributed by atoms with Crippen LogP contribution in [0.15, 0.2) is 24.3 Å². The lowest BCUT2D eigenvalue weighted by Crippen LogP contribution is -2.44. The Hall–Kier alpha value is -2.11. The molecule has 1 amide bonds. The first-order valence-corrected chi connectivity index (χ1v) is 7.96. The lowest BCUT2D eigenvalue weighted by atomic mass is 9.97. The summed E-state index contributed by atoms with van der Waals surface area (Å²) in [6, 6.07) is 6.07. The van der Waals surface area contributed by atoms with Crippen molar-refractivity contribution in [3.05, 3.63) is 30.1 Å². The van der Waals surface area contributed by atoms with Gasteiger partial charge in [-0.1, -0.05) is 12.1 Å². The number of carboxylic acids is 1. The van der Waals surface area contributed by atoms with Gasteiger partial charge < -0.3 is 14.7 Å². The van der Waals surface area contributed by atoms with E-state index in [9.17, 15) is 14.0 Å². The van der Waals surface area contributed by atoms with Crippen molar-refractivity contribution in [3.63, 3.8) is 0 Å². The van der Waals surface area contributed by atoms with Gasteiger partial charge in [-0.3, -0.25) is 9.59 Å². The van der Waals surface area contributed by atoms with Crippen molar-refractivity contribution in [1.82, 2.24) is 4.90 Å². The monoisotopic (exact) mass is 323 g/mol. The van der Waals surface area contributed by atoms with Gasteiger partial charge in [-0.25, -0.2) is 4.39 Å². The molecule has 0 bridgehead atoms. The van der Waals surface area contributed by atoms with E-state index in [2.05, 4.69) is 0 Å². The molecule has 6 heteroatoms. The number of para-hydroxylation sites is 1. The van der Waals surface area contributed by atoms with Gasteiger partial charge in [0, 0.05) is 19.0 Å². The van der Waals surface area contributed by atoms with Gasteiger partial charge in [-0.2, -0.15) is 0 Å². The van der Waals surface area contributed by atoms with Crippen LogP contribution in [0.4, 0.5) is 4.39 Å². The number of hydrogen-bond acceptors (Lipinski definition) is 3. The van der Waals surface area contributed by atoms with Gasteiger partial charge in [0.25, 0.3) is 0 Å². The SMILES string of the molecule is O=C(O)CC[C@@H]1CCCCN1C(=O)CCOc1ccccc1F. The Kier molecular flexibility index (Phi) is 6.38. The van der Waals surface area contributed by atoms with Gasteiger partial charge in [0.15, 0.2) is 11.6 Å². The van der Waals surface area contributed by atoms with Gasteiger partial charge in [0.1, 0.15) is 0 Å². The maximum atomic E-state index is 13.4. The molecule has 0 radical (unpaired) electrons. The summed E-state index contributed by atoms with van der Waals surface area (Å²) in [7, 11) is 0. The molecule has 1 fully saturated rings. The highest BCUT2D eigenvalue weighted by Gasteiger charge is 2.26. The Morgan fingerprint density at radius 3 is 2.78 bits per heavy atom. The Balaban J connectivity index is 1.83. The van der Waals surface area contributed by atoms with Crippen LogP contribution in [0, 0.1) is 5.82 Å². The number of nitrogens with zero attached hydrogens (tertiary/aromatic N) is 1. The van der Waals surface area contributed by atoms with Crippen LogP contribution < -0.4 is 4.74 Å². The van der Waals surface area contributed by atoms with Crippen molar-refractivity contribution in [2.45, 2.75) is 44.6 Å². The molecule has 1 heterocycles. The summed E-state index contributed by atoms with van der Waals surface area (Å²) in [4.78, 5) is 24.8. The maximum Gasteiger partial charge on any atom is 0.303 e. The Bertz CT molecular complexity index is 549. The predicted molar refractivity (Wildman–Crippen MR) is 82.7 cm³/mol. The van der Waals surface area contributed by atoms with Gasteiger partial charge in [-0.05, 0) is 37.8 Å². The van der Waals surface area contributed by atoms with Gasteiger partial charge in [0.2, 0.25) is 5.91 Å². The topological polar surface area (TPSA) is 66.8 Å². The zero-order valence-electron chi connectivity index (χ0n) is 13.0. The van der Waals surface area contributed by atoms with Crippen molar-refractivity contribution in [2.24, 2.45) is 0 Å². The second kappa shape index (κ2) is 8.50. The van der Waals surface area contributed by atoms with Crippen LogP contribution in [0.1, 0.15) is 38.5 Å². The largest absolute Gasteiger partial charge is 0.490 e. The molecule has 23 heavy (non-hydrogen) atoms. The van der Waals surface area contributed by atoms with Crippen molar-refractivity contribution >= 4 is 11.9 Å². The number of carbonyl (C=O) groups excluding carboxylic acids is 1. The maximum absolute atomic E-state index is 13.4. The summed E-state index contributed by atoms with van der Waals surface area (Å²) in [5.41, 5.74) is 0. The fourth-order valence-electron chi connectivity index (χ4n) is 2.87. The number of carboxylic acid groups (broad SMARTS) is 1. The summed E-state index contributed by atoms with van der Waals surface area (Å²) >= 11 is 0. The molecule has 5 nitrogen and oxygen atoms in total. The molecule has 0 unspecified atom stereocenters. The van der Waals surface area contributed by atoms with Gasteiger partial charge in [-0.15, -0.1) is 0 Å². The third-order valence-corrected chi connectivity index (χ3v) is 4.05. The minimum Gasteiger partial charge on any atom is -0.490 e. The number of likely N-dealkylation sites (tertiary alicyclic amines) is 1. The Labute approximate surface area is 135 Å². The summed E-state index contributed by atoms with van der Waals surface area (Å²) in [5.74, 6) is -1.21. The van der Waals surface area contributed by atoms with Gasteiger partial charge in [0.05, 0.1) is 13.0 Å². The summed E-state index contributed by atoms with van der Waals surface area (Å²) in [5, 5.41) is 8.80. The van der Waals surface area contributed by atoms with E-state index in [0.29, 0.717) is 13.0 Å². The standard InChI is InChI=1S/C17H22FNO4/c18-14-6-1-2-7-15(14)23-12-10-16(20)19-11-4-3-5-13(19)8-9-17(21)22/h1-2,6-7,13H,3-5,8-12H2,(H,21,22)/t13-/m0/s1. The third kappa shape index (κ3) is 5.23. The third-order valence-electron chi connectivity index (χ3n) is 4.05. The highest BCUT2D eigenvalue weighted by molar-refractivity contribution is 5.77. The molecule has 0 spiro atoms. The van der Waals surface area contributed by atoms with Crippen LogP contribution in [-0.2, 0) is 9.59 Å². The molecule has 1 N–H and O–H groups in total. The van der Waals surface area contributed by atoms with Crippen molar-refractivity contribution < 1.29 is 23.8 Å². The van der Waals surface area contributed by atoms with E-state index in [1.807, 2.05) is 0 Å². The number of rotatable bonds is 7. The number of carbonyl (C=O) groups is 2. The quantitative estimate of drug-likeness (QED) is 0.838. The summed E-state index contributed by atoms with van der Waals surface area (Å²) < 4.78 is 18.7. The summed E-state index contributed by atoms with van der Waals surface area (Å²) in [6.07, 6.45) is 3.50. The van der Waals surface area contributed by atoms with E-state index in [1.165, 1.54) is 12.1 Å². The minimum absolute atomic E-state index is 0.0131. The van der Waals surface area contributed by atoms with E-state index >= 15 is 0 Å². The number of benzene rings is 1. The fraction of sp³-hybridized carbons (Fsp3) is 0.529. The number of piperidine rings is 1. The smallest absolute Gasteiger partial charge is 0.303 e. The predicted octanol–water partition coefficient (Wildman–Crippen LogP) is 2.84. The Morgan fingerprint density at radius 2 is 2.04 bits per heavy atom. The molecule has 126 valence electrons. The number of hydrogen-bond donors (Lipinski definition) is 1. The number of aliphatic carboxylic acids is 1. The molecule has 0 saturated carbocycles. The van der Waals surface area contributed by atoms with Crippen LogP contribution in [0.25, 0.3) is 0 Å². The van der Waals surface area contributed by atoms with E-state index in [4.69, 9.17) is 9.84 Å². The molecule has 0 aromatic heterocycles. The number of halogens is 1. The van der Waals surface area contributed by atoms with Crippen molar-refractivity contribution in [1.29, 1.82) is 0 Å². The highest BCUT2D eigenvalue weighted by Crippen LogP contribution is 2.22. The molecule has 1 aliphatic rings. The molecule has 1 atom stereocenters. The molecule has 1 aromatic rings. The van der Waals surface area contributed by atoms with E-state index in [1.54, 1.807) is 17.0 Å². The summed E-state index contributed by atoms with van der Waals surface area (Å²) in [6.45, 7) is 0.769. The normalized spacial score (nSPS) is 17.8. The average molecular weight is 323 g/mol. The first-order chi connectivity index (χ1) is 11.1. The van der Waals surface area contributed by atoms with Crippen LogP contribution in [0.5, 0.6) is 5.75 Å². The van der Waals surface area contributed by atoms with Crippen molar-refractivity contribution in [2.75, 3.05) is 13.2 Å². The first kappa shape index (κ1) is 17.2. The van der Waals surface area contributed by atoms with E-state index in [-0.39, 0.29) is 37.1 Å². The molecule has 1 aromatic carbocycles. The molecular formula is C17H22FNO4. The first-order valence-electron chi connectivity index (χ1n) is 7.96. The van der Waals surface area contributed by atoms with Crippen LogP contribution >= 0.6 is 0 Å². The minimum atomic E-state index is -0.842. The molecule has 2 rings (SSSR count). The molecule has 1 aliphatic heterocycles. The molecular weight excluding hydrogens is 301 g/mol. The zero-order valence-corrected chi connectivity index (χ0v) is 13.0. The van der Waals surface area contributed by atoms with Crippen LogP contribution in [-0.4, -0.2) is 41.1 Å². The van der Waals surface area contributed by atoms with Gasteiger partial charge >= 0.3 is 5.97 Å². The molecule has 1 saturated heterocycles. The highest BCUT2D eigenvalue weighted by atomic mass is 19.1. The average Bonchev–Trinajstić information content (AvgIpc) is 2.55. The number of ether oxygens (including phenoxy) is 1. The van der Waals surface area contributed by atoms with E-state index < -0.39 is 11.8 Å². The van der Waals surface area contributed by atoms with E-state index in [0.717, 1.165) is 19.3 Å². The lowest BCUT2D eigenvalue weighted by molar-refractivity contribution is -0.140. The zero-order chi connectivity index (χ0) is 16.7. The lowest BCUT2D eigenvalue weighted by Gasteiger charge is -2.35. The Morgan fingerprint density at radius 1 is 1.26 bits per heavy atom. The fourth-order valence-corrected chi connectivity index (χ4v) is 2.87. The second-order valence-corrected chi connectivity index (χ2v) is 5.70. The molecule has 0 aliphatic carbocycles.